The van der Waals surface area contributed by atoms with Crippen molar-refractivity contribution in [2.75, 3.05) is 6.61 Å². The Kier molecular flexibility index (Phi) is 17.2. The van der Waals surface area contributed by atoms with Gasteiger partial charge in [-0.25, -0.2) is 4.79 Å². The third-order valence-electron chi connectivity index (χ3n) is 3.70. The molecule has 130 valence electrons. The lowest BCUT2D eigenvalue weighted by atomic mass is 10.1. The maximum absolute atomic E-state index is 11.1. The van der Waals surface area contributed by atoms with Crippen molar-refractivity contribution in [3.8, 4) is 0 Å². The molecule has 0 aromatic rings. The molecule has 0 unspecified atom stereocenters. The van der Waals surface area contributed by atoms with Crippen LogP contribution in [0.25, 0.3) is 0 Å². The normalized spacial score (nSPS) is 11.0. The van der Waals surface area contributed by atoms with Gasteiger partial charge in [-0.15, -0.1) is 0 Å². The van der Waals surface area contributed by atoms with Crippen LogP contribution in [0.15, 0.2) is 12.3 Å². The molecule has 0 aromatic carbocycles. The highest BCUT2D eigenvalue weighted by Crippen LogP contribution is 2.11. The number of unbranched alkanes of at least 4 members (excludes halogenated alkanes) is 11. The minimum atomic E-state index is -0.590. The number of rotatable bonds is 15. The second kappa shape index (κ2) is 18.1. The number of ether oxygens (including phenoxy) is 2. The number of hydrogen-bond acceptors (Lipinski definition) is 3. The summed E-state index contributed by atoms with van der Waals surface area (Å²) in [7, 11) is 0. The summed E-state index contributed by atoms with van der Waals surface area (Å²) in [4.78, 5) is 11.1. The van der Waals surface area contributed by atoms with E-state index in [9.17, 15) is 4.79 Å². The number of allylic oxidation sites excluding steroid dienone is 1. The van der Waals surface area contributed by atoms with Gasteiger partial charge in [0.1, 0.15) is 0 Å². The lowest BCUT2D eigenvalue weighted by molar-refractivity contribution is 0.0834. The van der Waals surface area contributed by atoms with E-state index in [0.29, 0.717) is 6.61 Å². The Labute approximate surface area is 137 Å². The molecular weight excluding hydrogens is 276 g/mol. The summed E-state index contributed by atoms with van der Waals surface area (Å²) in [6.07, 6.45) is 19.1. The Morgan fingerprint density at radius 1 is 0.773 bits per heavy atom. The number of hydrogen-bond donors (Lipinski definition) is 0. The van der Waals surface area contributed by atoms with Gasteiger partial charge in [0.15, 0.2) is 0 Å². The van der Waals surface area contributed by atoms with Crippen molar-refractivity contribution >= 4 is 6.16 Å². The van der Waals surface area contributed by atoms with E-state index in [1.165, 1.54) is 70.5 Å². The van der Waals surface area contributed by atoms with Crippen LogP contribution < -0.4 is 0 Å². The van der Waals surface area contributed by atoms with E-state index in [0.717, 1.165) is 19.3 Å². The molecule has 3 heteroatoms. The number of carbonyl (C=O) groups is 1. The fraction of sp³-hybridized carbons (Fsp3) is 0.842. The third kappa shape index (κ3) is 17.1. The molecule has 0 radical (unpaired) electrons. The van der Waals surface area contributed by atoms with Crippen molar-refractivity contribution in [1.82, 2.24) is 0 Å². The highest BCUT2D eigenvalue weighted by Gasteiger charge is 1.99. The van der Waals surface area contributed by atoms with Gasteiger partial charge in [-0.1, -0.05) is 78.1 Å². The van der Waals surface area contributed by atoms with Gasteiger partial charge in [-0.3, -0.25) is 0 Å². The Morgan fingerprint density at radius 2 is 1.32 bits per heavy atom. The summed E-state index contributed by atoms with van der Waals surface area (Å²) < 4.78 is 9.72. The molecule has 0 aliphatic heterocycles. The van der Waals surface area contributed by atoms with Gasteiger partial charge in [-0.05, 0) is 25.3 Å². The zero-order valence-corrected chi connectivity index (χ0v) is 14.8. The van der Waals surface area contributed by atoms with Crippen molar-refractivity contribution in [3.63, 3.8) is 0 Å². The molecule has 0 heterocycles. The van der Waals surface area contributed by atoms with Gasteiger partial charge in [0.2, 0.25) is 0 Å². The van der Waals surface area contributed by atoms with E-state index in [2.05, 4.69) is 13.8 Å². The van der Waals surface area contributed by atoms with Crippen LogP contribution in [0.1, 0.15) is 97.3 Å². The first-order valence-electron chi connectivity index (χ1n) is 9.29. The minimum absolute atomic E-state index is 0.446. The van der Waals surface area contributed by atoms with Gasteiger partial charge in [0.25, 0.3) is 0 Å². The van der Waals surface area contributed by atoms with Gasteiger partial charge in [-0.2, -0.15) is 0 Å². The van der Waals surface area contributed by atoms with E-state index in [1.54, 1.807) is 0 Å². The van der Waals surface area contributed by atoms with Crippen LogP contribution in [-0.4, -0.2) is 12.8 Å². The second-order valence-corrected chi connectivity index (χ2v) is 5.91. The Hall–Kier alpha value is -0.990. The van der Waals surface area contributed by atoms with E-state index in [4.69, 9.17) is 9.47 Å². The topological polar surface area (TPSA) is 35.5 Å². The average Bonchev–Trinajstić information content (AvgIpc) is 2.52. The SMILES string of the molecule is CCCCCCCCCCCCC=COC(=O)OCCCC. The molecule has 0 spiro atoms. The summed E-state index contributed by atoms with van der Waals surface area (Å²) in [5.41, 5.74) is 0. The fourth-order valence-electron chi connectivity index (χ4n) is 2.26. The largest absolute Gasteiger partial charge is 0.513 e. The average molecular weight is 312 g/mol. The van der Waals surface area contributed by atoms with Crippen molar-refractivity contribution in [3.05, 3.63) is 12.3 Å². The molecule has 0 aliphatic carbocycles. The highest BCUT2D eigenvalue weighted by molar-refractivity contribution is 5.60. The lowest BCUT2D eigenvalue weighted by Gasteiger charge is -2.02. The monoisotopic (exact) mass is 312 g/mol. The predicted molar refractivity (Wildman–Crippen MR) is 92.9 cm³/mol. The predicted octanol–water partition coefficient (Wildman–Crippen LogP) is 6.76. The third-order valence-corrected chi connectivity index (χ3v) is 3.70. The number of carbonyl (C=O) groups excluding carboxylic acids is 1. The first-order chi connectivity index (χ1) is 10.8. The van der Waals surface area contributed by atoms with Gasteiger partial charge in [0, 0.05) is 0 Å². The first-order valence-corrected chi connectivity index (χ1v) is 9.29. The summed E-state index contributed by atoms with van der Waals surface area (Å²) in [5.74, 6) is 0. The van der Waals surface area contributed by atoms with Crippen LogP contribution in [0.3, 0.4) is 0 Å². The summed E-state index contributed by atoms with van der Waals surface area (Å²) in [5, 5.41) is 0. The molecule has 0 rings (SSSR count). The Bertz CT molecular complexity index is 261. The van der Waals surface area contributed by atoms with Crippen LogP contribution in [0, 0.1) is 0 Å². The van der Waals surface area contributed by atoms with Crippen molar-refractivity contribution in [2.45, 2.75) is 97.3 Å². The molecule has 0 fully saturated rings. The molecule has 0 N–H and O–H groups in total. The molecule has 0 saturated carbocycles. The lowest BCUT2D eigenvalue weighted by Crippen LogP contribution is -2.04. The molecule has 3 nitrogen and oxygen atoms in total. The standard InChI is InChI=1S/C19H36O3/c1-3-5-7-8-9-10-11-12-13-14-15-16-18-22-19(20)21-17-6-4-2/h16,18H,3-15,17H2,1-2H3. The summed E-state index contributed by atoms with van der Waals surface area (Å²) in [6.45, 7) is 4.76. The zero-order chi connectivity index (χ0) is 16.3. The van der Waals surface area contributed by atoms with Crippen LogP contribution in [0.5, 0.6) is 0 Å². The molecule has 0 bridgehead atoms. The van der Waals surface area contributed by atoms with Crippen molar-refractivity contribution in [1.29, 1.82) is 0 Å². The fourth-order valence-corrected chi connectivity index (χ4v) is 2.26. The highest BCUT2D eigenvalue weighted by atomic mass is 16.7. The molecule has 0 atom stereocenters. The van der Waals surface area contributed by atoms with Crippen molar-refractivity contribution in [2.24, 2.45) is 0 Å². The maximum atomic E-state index is 11.1. The summed E-state index contributed by atoms with van der Waals surface area (Å²) >= 11 is 0. The maximum Gasteiger partial charge on any atom is 0.513 e. The van der Waals surface area contributed by atoms with Crippen LogP contribution in [-0.2, 0) is 9.47 Å². The zero-order valence-electron chi connectivity index (χ0n) is 14.8. The first kappa shape index (κ1) is 21.0. The molecule has 0 amide bonds. The Balaban J connectivity index is 3.18. The van der Waals surface area contributed by atoms with Crippen molar-refractivity contribution < 1.29 is 14.3 Å². The van der Waals surface area contributed by atoms with Crippen LogP contribution in [0.4, 0.5) is 4.79 Å². The van der Waals surface area contributed by atoms with E-state index in [1.807, 2.05) is 6.08 Å². The molecule has 0 aliphatic rings. The minimum Gasteiger partial charge on any atom is -0.434 e. The van der Waals surface area contributed by atoms with E-state index >= 15 is 0 Å². The van der Waals surface area contributed by atoms with Gasteiger partial charge in [0.05, 0.1) is 12.9 Å². The Morgan fingerprint density at radius 3 is 1.91 bits per heavy atom. The molecule has 22 heavy (non-hydrogen) atoms. The second-order valence-electron chi connectivity index (χ2n) is 5.91. The summed E-state index contributed by atoms with van der Waals surface area (Å²) in [6, 6.07) is 0. The molecular formula is C19H36O3. The van der Waals surface area contributed by atoms with Gasteiger partial charge < -0.3 is 9.47 Å². The smallest absolute Gasteiger partial charge is 0.434 e. The van der Waals surface area contributed by atoms with Crippen LogP contribution >= 0.6 is 0 Å². The quantitative estimate of drug-likeness (QED) is 0.190. The van der Waals surface area contributed by atoms with E-state index in [-0.39, 0.29) is 0 Å². The molecule has 0 saturated heterocycles. The van der Waals surface area contributed by atoms with Crippen LogP contribution in [0.2, 0.25) is 0 Å². The van der Waals surface area contributed by atoms with Gasteiger partial charge >= 0.3 is 6.16 Å². The molecule has 0 aromatic heterocycles. The van der Waals surface area contributed by atoms with E-state index < -0.39 is 6.16 Å².